The van der Waals surface area contributed by atoms with Gasteiger partial charge in [-0.1, -0.05) is 24.3 Å². The third-order valence-corrected chi connectivity index (χ3v) is 4.38. The minimum Gasteiger partial charge on any atom is -0.488 e. The van der Waals surface area contributed by atoms with Crippen molar-refractivity contribution in [3.8, 4) is 17.3 Å². The van der Waals surface area contributed by atoms with Gasteiger partial charge in [-0.05, 0) is 52.7 Å². The number of anilines is 1. The summed E-state index contributed by atoms with van der Waals surface area (Å²) < 4.78 is 8.62. The molecule has 0 aliphatic carbocycles. The topological polar surface area (TPSA) is 81.9 Å². The van der Waals surface area contributed by atoms with Crippen LogP contribution in [0.25, 0.3) is 11.5 Å². The van der Waals surface area contributed by atoms with E-state index in [1.807, 2.05) is 47.9 Å². The van der Waals surface area contributed by atoms with Gasteiger partial charge < -0.3 is 14.6 Å². The Morgan fingerprint density at radius 2 is 2.07 bits per heavy atom. The fourth-order valence-electron chi connectivity index (χ4n) is 2.47. The van der Waals surface area contributed by atoms with E-state index < -0.39 is 0 Å². The standard InChI is InChI=1S/C19H18BrN5O2/c1-14-6-4-7-15(20)18(14)27-11-3-2-10-25-12-22-24-19(25)16-8-5-9-17(23-16)21-13-26/h2-9,12-13H,10-11H2,1H3,(H,21,23,26)/b3-2-. The Labute approximate surface area is 165 Å². The second-order valence-electron chi connectivity index (χ2n) is 5.65. The van der Waals surface area contributed by atoms with Gasteiger partial charge >= 0.3 is 0 Å². The maximum atomic E-state index is 10.6. The molecule has 0 spiro atoms. The number of aryl methyl sites for hydroxylation is 1. The summed E-state index contributed by atoms with van der Waals surface area (Å²) in [5.41, 5.74) is 1.71. The predicted octanol–water partition coefficient (Wildman–Crippen LogP) is 3.61. The highest BCUT2D eigenvalue weighted by Crippen LogP contribution is 2.28. The number of nitrogens with zero attached hydrogens (tertiary/aromatic N) is 4. The molecule has 0 bridgehead atoms. The summed E-state index contributed by atoms with van der Waals surface area (Å²) in [6, 6.07) is 11.3. The van der Waals surface area contributed by atoms with Crippen molar-refractivity contribution in [3.63, 3.8) is 0 Å². The summed E-state index contributed by atoms with van der Waals surface area (Å²) in [4.78, 5) is 14.9. The number of hydrogen-bond acceptors (Lipinski definition) is 5. The number of carbonyl (C=O) groups excluding carboxylic acids is 1. The lowest BCUT2D eigenvalue weighted by Crippen LogP contribution is -2.02. The van der Waals surface area contributed by atoms with Gasteiger partial charge in [0.05, 0.1) is 4.47 Å². The number of benzene rings is 1. The Kier molecular flexibility index (Phi) is 6.32. The smallest absolute Gasteiger partial charge is 0.212 e. The van der Waals surface area contributed by atoms with Crippen molar-refractivity contribution in [1.82, 2.24) is 19.7 Å². The van der Waals surface area contributed by atoms with E-state index >= 15 is 0 Å². The number of amides is 1. The van der Waals surface area contributed by atoms with E-state index in [0.29, 0.717) is 36.9 Å². The van der Waals surface area contributed by atoms with Gasteiger partial charge in [-0.25, -0.2) is 4.98 Å². The van der Waals surface area contributed by atoms with Crippen LogP contribution in [0.5, 0.6) is 5.75 Å². The molecule has 0 radical (unpaired) electrons. The molecule has 0 saturated heterocycles. The lowest BCUT2D eigenvalue weighted by Gasteiger charge is -2.09. The van der Waals surface area contributed by atoms with Crippen LogP contribution in [0.15, 0.2) is 59.4 Å². The van der Waals surface area contributed by atoms with Gasteiger partial charge in [0.25, 0.3) is 0 Å². The molecule has 0 saturated carbocycles. The number of hydrogen-bond donors (Lipinski definition) is 1. The van der Waals surface area contributed by atoms with E-state index in [0.717, 1.165) is 15.8 Å². The van der Waals surface area contributed by atoms with Gasteiger partial charge in [-0.2, -0.15) is 0 Å². The second-order valence-corrected chi connectivity index (χ2v) is 6.50. The first-order valence-corrected chi connectivity index (χ1v) is 9.06. The van der Waals surface area contributed by atoms with Crippen molar-refractivity contribution in [2.75, 3.05) is 11.9 Å². The largest absolute Gasteiger partial charge is 0.488 e. The molecule has 8 heteroatoms. The van der Waals surface area contributed by atoms with Gasteiger partial charge in [0.15, 0.2) is 5.82 Å². The van der Waals surface area contributed by atoms with Gasteiger partial charge in [0.1, 0.15) is 30.2 Å². The molecule has 138 valence electrons. The molecular weight excluding hydrogens is 410 g/mol. The van der Waals surface area contributed by atoms with E-state index in [1.165, 1.54) is 0 Å². The third kappa shape index (κ3) is 4.79. The van der Waals surface area contributed by atoms with Gasteiger partial charge in [-0.3, -0.25) is 4.79 Å². The molecule has 0 aliphatic rings. The number of carbonyl (C=O) groups is 1. The predicted molar refractivity (Wildman–Crippen MR) is 106 cm³/mol. The first kappa shape index (κ1) is 18.8. The highest BCUT2D eigenvalue weighted by atomic mass is 79.9. The number of aromatic nitrogens is 4. The van der Waals surface area contributed by atoms with Crippen molar-refractivity contribution < 1.29 is 9.53 Å². The molecule has 0 fully saturated rings. The molecule has 2 aromatic heterocycles. The van der Waals surface area contributed by atoms with Crippen LogP contribution >= 0.6 is 15.9 Å². The molecule has 1 aromatic carbocycles. The zero-order valence-electron chi connectivity index (χ0n) is 14.7. The monoisotopic (exact) mass is 427 g/mol. The summed E-state index contributed by atoms with van der Waals surface area (Å²) in [7, 11) is 0. The molecule has 3 aromatic rings. The first-order valence-electron chi connectivity index (χ1n) is 8.27. The second kappa shape index (κ2) is 9.09. The molecule has 1 N–H and O–H groups in total. The van der Waals surface area contributed by atoms with E-state index in [-0.39, 0.29) is 0 Å². The SMILES string of the molecule is Cc1cccc(Br)c1OC/C=C\Cn1cnnc1-c1cccc(NC=O)n1. The zero-order valence-corrected chi connectivity index (χ0v) is 16.3. The maximum Gasteiger partial charge on any atom is 0.212 e. The van der Waals surface area contributed by atoms with Crippen LogP contribution in [0, 0.1) is 6.92 Å². The van der Waals surface area contributed by atoms with Crippen LogP contribution < -0.4 is 10.1 Å². The number of ether oxygens (including phenoxy) is 1. The molecule has 0 atom stereocenters. The van der Waals surface area contributed by atoms with Crippen molar-refractivity contribution in [1.29, 1.82) is 0 Å². The fourth-order valence-corrected chi connectivity index (χ4v) is 3.05. The maximum absolute atomic E-state index is 10.6. The normalized spacial score (nSPS) is 10.9. The van der Waals surface area contributed by atoms with Crippen LogP contribution in [-0.2, 0) is 11.3 Å². The summed E-state index contributed by atoms with van der Waals surface area (Å²) >= 11 is 3.50. The zero-order chi connectivity index (χ0) is 19.1. The summed E-state index contributed by atoms with van der Waals surface area (Å²) in [6.45, 7) is 3.04. The average molecular weight is 428 g/mol. The Hall–Kier alpha value is -3.00. The Bertz CT molecular complexity index is 935. The van der Waals surface area contributed by atoms with Crippen LogP contribution in [-0.4, -0.2) is 32.8 Å². The molecular formula is C19H18BrN5O2. The fraction of sp³-hybridized carbons (Fsp3) is 0.158. The molecule has 0 unspecified atom stereocenters. The van der Waals surface area contributed by atoms with Gasteiger partial charge in [0.2, 0.25) is 6.41 Å². The van der Waals surface area contributed by atoms with E-state index in [1.54, 1.807) is 18.5 Å². The Balaban J connectivity index is 1.63. The molecule has 7 nitrogen and oxygen atoms in total. The number of pyridine rings is 1. The van der Waals surface area contributed by atoms with Crippen LogP contribution in [0.3, 0.4) is 0 Å². The average Bonchev–Trinajstić information content (AvgIpc) is 3.13. The number of halogens is 1. The Morgan fingerprint density at radius 1 is 1.22 bits per heavy atom. The van der Waals surface area contributed by atoms with E-state index in [4.69, 9.17) is 4.74 Å². The summed E-state index contributed by atoms with van der Waals surface area (Å²) in [5, 5.41) is 10.6. The van der Waals surface area contributed by atoms with E-state index in [2.05, 4.69) is 36.4 Å². The van der Waals surface area contributed by atoms with Gasteiger partial charge in [-0.15, -0.1) is 10.2 Å². The minimum atomic E-state index is 0.456. The summed E-state index contributed by atoms with van der Waals surface area (Å²) in [5.74, 6) is 1.93. The Morgan fingerprint density at radius 3 is 2.89 bits per heavy atom. The highest BCUT2D eigenvalue weighted by molar-refractivity contribution is 9.10. The van der Waals surface area contributed by atoms with Crippen molar-refractivity contribution in [2.24, 2.45) is 0 Å². The quantitative estimate of drug-likeness (QED) is 0.438. The minimum absolute atomic E-state index is 0.456. The van der Waals surface area contributed by atoms with Crippen molar-refractivity contribution in [2.45, 2.75) is 13.5 Å². The molecule has 0 aliphatic heterocycles. The highest BCUT2D eigenvalue weighted by Gasteiger charge is 2.08. The van der Waals surface area contributed by atoms with Crippen LogP contribution in [0.1, 0.15) is 5.56 Å². The molecule has 2 heterocycles. The number of rotatable bonds is 8. The molecule has 3 rings (SSSR count). The lowest BCUT2D eigenvalue weighted by molar-refractivity contribution is -0.105. The summed E-state index contributed by atoms with van der Waals surface area (Å²) in [6.07, 6.45) is 6.15. The third-order valence-electron chi connectivity index (χ3n) is 3.76. The molecule has 1 amide bonds. The first-order chi connectivity index (χ1) is 13.2. The molecule has 27 heavy (non-hydrogen) atoms. The van der Waals surface area contributed by atoms with Crippen molar-refractivity contribution >= 4 is 28.2 Å². The lowest BCUT2D eigenvalue weighted by atomic mass is 10.2. The van der Waals surface area contributed by atoms with Crippen LogP contribution in [0.4, 0.5) is 5.82 Å². The van der Waals surface area contributed by atoms with Gasteiger partial charge in [0, 0.05) is 6.54 Å². The number of allylic oxidation sites excluding steroid dienone is 1. The number of para-hydroxylation sites is 1. The number of nitrogens with one attached hydrogen (secondary N) is 1. The van der Waals surface area contributed by atoms with E-state index in [9.17, 15) is 4.79 Å². The van der Waals surface area contributed by atoms with Crippen molar-refractivity contribution in [3.05, 3.63) is 64.9 Å². The van der Waals surface area contributed by atoms with Crippen LogP contribution in [0.2, 0.25) is 0 Å².